The van der Waals surface area contributed by atoms with Crippen LogP contribution in [0, 0.1) is 6.92 Å². The third kappa shape index (κ3) is 3.96. The highest BCUT2D eigenvalue weighted by atomic mass is 19.3. The Morgan fingerprint density at radius 1 is 0.923 bits per heavy atom. The van der Waals surface area contributed by atoms with E-state index < -0.39 is 6.43 Å². The second kappa shape index (κ2) is 7.74. The Hall–Kier alpha value is -2.60. The zero-order valence-electron chi connectivity index (χ0n) is 15.0. The zero-order valence-corrected chi connectivity index (χ0v) is 15.0. The zero-order chi connectivity index (χ0) is 18.7. The normalized spacial score (nSPS) is 13.8. The second-order valence-electron chi connectivity index (χ2n) is 6.36. The van der Waals surface area contributed by atoms with Crippen LogP contribution in [0.3, 0.4) is 0 Å². The number of imidazole rings is 1. The third-order valence-corrected chi connectivity index (χ3v) is 4.53. The summed E-state index contributed by atoms with van der Waals surface area (Å²) in [6, 6.07) is 11.5. The first-order valence-corrected chi connectivity index (χ1v) is 8.56. The maximum atomic E-state index is 12.6. The molecule has 6 heteroatoms. The van der Waals surface area contributed by atoms with E-state index in [2.05, 4.69) is 46.5 Å². The van der Waals surface area contributed by atoms with E-state index in [0.29, 0.717) is 0 Å². The summed E-state index contributed by atoms with van der Waals surface area (Å²) in [4.78, 5) is 8.07. The molecule has 0 spiro atoms. The van der Waals surface area contributed by atoms with Crippen molar-refractivity contribution in [2.45, 2.75) is 39.3 Å². The number of aromatic nitrogens is 3. The number of alkyl halides is 2. The molecule has 0 saturated carbocycles. The molecule has 0 bridgehead atoms. The first-order chi connectivity index (χ1) is 12.5. The highest BCUT2D eigenvalue weighted by Gasteiger charge is 2.14. The minimum atomic E-state index is -2.54. The minimum absolute atomic E-state index is 0.000192. The maximum Gasteiger partial charge on any atom is 0.280 e. The van der Waals surface area contributed by atoms with Gasteiger partial charge < -0.3 is 9.88 Å². The van der Waals surface area contributed by atoms with Crippen LogP contribution in [0.5, 0.6) is 0 Å². The first kappa shape index (κ1) is 18.2. The van der Waals surface area contributed by atoms with Crippen molar-refractivity contribution < 1.29 is 8.78 Å². The predicted molar refractivity (Wildman–Crippen MR) is 97.5 cm³/mol. The Kier molecular flexibility index (Phi) is 5.42. The molecular formula is C20H22F2N4. The minimum Gasteiger partial charge on any atom is -0.304 e. The van der Waals surface area contributed by atoms with Crippen LogP contribution in [0.25, 0.3) is 5.69 Å². The molecule has 2 atom stereocenters. The molecule has 136 valence electrons. The molecule has 0 saturated heterocycles. The van der Waals surface area contributed by atoms with Crippen molar-refractivity contribution in [1.29, 1.82) is 0 Å². The van der Waals surface area contributed by atoms with Gasteiger partial charge in [-0.3, -0.25) is 4.98 Å². The highest BCUT2D eigenvalue weighted by molar-refractivity contribution is 5.36. The molecule has 2 heterocycles. The van der Waals surface area contributed by atoms with E-state index in [1.165, 1.54) is 12.3 Å². The van der Waals surface area contributed by atoms with Crippen LogP contribution in [0.2, 0.25) is 0 Å². The Morgan fingerprint density at radius 2 is 1.58 bits per heavy atom. The van der Waals surface area contributed by atoms with Crippen LogP contribution in [0.1, 0.15) is 55.0 Å². The Labute approximate surface area is 151 Å². The lowest BCUT2D eigenvalue weighted by Gasteiger charge is -2.21. The monoisotopic (exact) mass is 356 g/mol. The van der Waals surface area contributed by atoms with E-state index >= 15 is 0 Å². The Bertz CT molecular complexity index is 841. The van der Waals surface area contributed by atoms with Gasteiger partial charge in [0.1, 0.15) is 11.5 Å². The van der Waals surface area contributed by atoms with Gasteiger partial charge in [0.25, 0.3) is 6.43 Å². The van der Waals surface area contributed by atoms with E-state index in [1.54, 1.807) is 12.3 Å². The molecule has 3 aromatic rings. The van der Waals surface area contributed by atoms with Gasteiger partial charge in [0, 0.05) is 36.4 Å². The molecule has 0 radical (unpaired) electrons. The Morgan fingerprint density at radius 3 is 2.12 bits per heavy atom. The molecule has 0 aliphatic carbocycles. The number of nitrogens with zero attached hydrogens (tertiary/aromatic N) is 3. The summed E-state index contributed by atoms with van der Waals surface area (Å²) in [6.07, 6.45) is 2.69. The average molecular weight is 356 g/mol. The summed E-state index contributed by atoms with van der Waals surface area (Å²) >= 11 is 0. The number of aryl methyl sites for hydroxylation is 1. The summed E-state index contributed by atoms with van der Waals surface area (Å²) in [7, 11) is 0. The number of hydrogen-bond acceptors (Lipinski definition) is 3. The maximum absolute atomic E-state index is 12.6. The van der Waals surface area contributed by atoms with Crippen LogP contribution in [0.4, 0.5) is 8.78 Å². The van der Waals surface area contributed by atoms with Crippen molar-refractivity contribution in [1.82, 2.24) is 19.9 Å². The molecule has 1 aromatic carbocycles. The fourth-order valence-electron chi connectivity index (χ4n) is 2.94. The summed E-state index contributed by atoms with van der Waals surface area (Å²) in [5.41, 5.74) is 2.90. The quantitative estimate of drug-likeness (QED) is 0.681. The largest absolute Gasteiger partial charge is 0.304 e. The van der Waals surface area contributed by atoms with Crippen molar-refractivity contribution in [3.8, 4) is 5.69 Å². The summed E-state index contributed by atoms with van der Waals surface area (Å²) in [6.45, 7) is 6.04. The van der Waals surface area contributed by atoms with E-state index in [4.69, 9.17) is 0 Å². The summed E-state index contributed by atoms with van der Waals surface area (Å²) in [5, 5.41) is 3.48. The summed E-state index contributed by atoms with van der Waals surface area (Å²) < 4.78 is 27.2. The van der Waals surface area contributed by atoms with Gasteiger partial charge in [0.15, 0.2) is 0 Å². The lowest BCUT2D eigenvalue weighted by Crippen LogP contribution is -2.22. The third-order valence-electron chi connectivity index (χ3n) is 4.53. The Balaban J connectivity index is 1.67. The SMILES string of the molecule is Cc1nccn1-c1ccc(C(C)NC(C)c2ccc(C(F)F)nc2)cc1. The fourth-order valence-corrected chi connectivity index (χ4v) is 2.94. The number of benzene rings is 1. The lowest BCUT2D eigenvalue weighted by atomic mass is 10.0. The van der Waals surface area contributed by atoms with Gasteiger partial charge in [-0.15, -0.1) is 0 Å². The number of rotatable bonds is 6. The van der Waals surface area contributed by atoms with Gasteiger partial charge in [0.2, 0.25) is 0 Å². The highest BCUT2D eigenvalue weighted by Crippen LogP contribution is 2.22. The molecule has 0 aliphatic rings. The molecule has 2 aromatic heterocycles. The molecule has 4 nitrogen and oxygen atoms in total. The number of halogens is 2. The molecule has 0 aliphatic heterocycles. The van der Waals surface area contributed by atoms with Gasteiger partial charge in [-0.1, -0.05) is 18.2 Å². The number of hydrogen-bond donors (Lipinski definition) is 1. The van der Waals surface area contributed by atoms with Crippen LogP contribution >= 0.6 is 0 Å². The van der Waals surface area contributed by atoms with Gasteiger partial charge in [0.05, 0.1) is 0 Å². The van der Waals surface area contributed by atoms with Crippen molar-refractivity contribution in [2.24, 2.45) is 0 Å². The average Bonchev–Trinajstić information content (AvgIpc) is 3.07. The van der Waals surface area contributed by atoms with Crippen LogP contribution in [-0.2, 0) is 0 Å². The second-order valence-corrected chi connectivity index (χ2v) is 6.36. The molecule has 0 fully saturated rings. The van der Waals surface area contributed by atoms with Crippen molar-refractivity contribution in [3.63, 3.8) is 0 Å². The number of pyridine rings is 1. The standard InChI is InChI=1S/C20H22F2N4/c1-13(25-14(2)17-6-9-19(20(21)22)24-12-17)16-4-7-18(8-5-16)26-11-10-23-15(26)3/h4-14,20,25H,1-3H3. The lowest BCUT2D eigenvalue weighted by molar-refractivity contribution is 0.146. The molecular weight excluding hydrogens is 334 g/mol. The van der Waals surface area contributed by atoms with Crippen LogP contribution in [-0.4, -0.2) is 14.5 Å². The first-order valence-electron chi connectivity index (χ1n) is 8.56. The van der Waals surface area contributed by atoms with E-state index in [-0.39, 0.29) is 17.8 Å². The van der Waals surface area contributed by atoms with Crippen molar-refractivity contribution in [3.05, 3.63) is 77.6 Å². The van der Waals surface area contributed by atoms with E-state index in [9.17, 15) is 8.78 Å². The van der Waals surface area contributed by atoms with Gasteiger partial charge in [-0.2, -0.15) is 0 Å². The van der Waals surface area contributed by atoms with Gasteiger partial charge in [-0.25, -0.2) is 13.8 Å². The van der Waals surface area contributed by atoms with Crippen LogP contribution in [0.15, 0.2) is 55.0 Å². The van der Waals surface area contributed by atoms with Gasteiger partial charge >= 0.3 is 0 Å². The fraction of sp³-hybridized carbons (Fsp3) is 0.300. The van der Waals surface area contributed by atoms with Crippen LogP contribution < -0.4 is 5.32 Å². The summed E-state index contributed by atoms with van der Waals surface area (Å²) in [5.74, 6) is 0.942. The topological polar surface area (TPSA) is 42.7 Å². The molecule has 1 N–H and O–H groups in total. The molecule has 2 unspecified atom stereocenters. The molecule has 26 heavy (non-hydrogen) atoms. The van der Waals surface area contributed by atoms with Gasteiger partial charge in [-0.05, 0) is 50.1 Å². The smallest absolute Gasteiger partial charge is 0.280 e. The molecule has 3 rings (SSSR count). The van der Waals surface area contributed by atoms with Crippen molar-refractivity contribution in [2.75, 3.05) is 0 Å². The number of nitrogens with one attached hydrogen (secondary N) is 1. The predicted octanol–water partition coefficient (Wildman–Crippen LogP) is 4.93. The van der Waals surface area contributed by atoms with E-state index in [0.717, 1.165) is 22.6 Å². The van der Waals surface area contributed by atoms with E-state index in [1.807, 2.05) is 24.6 Å². The molecule has 0 amide bonds. The van der Waals surface area contributed by atoms with Crippen molar-refractivity contribution >= 4 is 0 Å².